The molecule has 1 aromatic heterocycles. The van der Waals surface area contributed by atoms with Crippen LogP contribution in [0.3, 0.4) is 0 Å². The van der Waals surface area contributed by atoms with Gasteiger partial charge in [-0.25, -0.2) is 4.98 Å². The van der Waals surface area contributed by atoms with Crippen LogP contribution in [0, 0.1) is 6.92 Å². The van der Waals surface area contributed by atoms with Crippen molar-refractivity contribution in [2.75, 3.05) is 0 Å². The summed E-state index contributed by atoms with van der Waals surface area (Å²) in [7, 11) is 0. The number of nitrogens with zero attached hydrogens (tertiary/aromatic N) is 1. The molecule has 1 unspecified atom stereocenters. The summed E-state index contributed by atoms with van der Waals surface area (Å²) in [5.74, 6) is 0. The molecule has 0 saturated carbocycles. The van der Waals surface area contributed by atoms with Crippen molar-refractivity contribution in [3.05, 3.63) is 63.9 Å². The summed E-state index contributed by atoms with van der Waals surface area (Å²) in [6.07, 6.45) is -5.67. The van der Waals surface area contributed by atoms with Crippen LogP contribution < -0.4 is 0 Å². The first-order valence-electron chi connectivity index (χ1n) is 5.77. The van der Waals surface area contributed by atoms with E-state index in [-0.39, 0.29) is 10.7 Å². The third-order valence-corrected chi connectivity index (χ3v) is 3.16. The summed E-state index contributed by atoms with van der Waals surface area (Å²) in [5.41, 5.74) is 0.613. The van der Waals surface area contributed by atoms with Crippen molar-refractivity contribution in [2.45, 2.75) is 19.2 Å². The monoisotopic (exact) mass is 301 g/mol. The molecule has 20 heavy (non-hydrogen) atoms. The van der Waals surface area contributed by atoms with Gasteiger partial charge in [-0.1, -0.05) is 47.5 Å². The molecule has 106 valence electrons. The van der Waals surface area contributed by atoms with Crippen LogP contribution in [0.15, 0.2) is 36.4 Å². The zero-order valence-electron chi connectivity index (χ0n) is 10.4. The maximum atomic E-state index is 12.5. The summed E-state index contributed by atoms with van der Waals surface area (Å²) in [6.45, 7) is 1.89. The summed E-state index contributed by atoms with van der Waals surface area (Å²) in [6, 6.07) is 8.91. The number of hydrogen-bond acceptors (Lipinski definition) is 2. The van der Waals surface area contributed by atoms with Crippen molar-refractivity contribution in [2.24, 2.45) is 0 Å². The van der Waals surface area contributed by atoms with Gasteiger partial charge in [0.1, 0.15) is 17.0 Å². The number of benzene rings is 1. The van der Waals surface area contributed by atoms with Gasteiger partial charge in [0.2, 0.25) is 0 Å². The molecule has 1 aromatic carbocycles. The van der Waals surface area contributed by atoms with E-state index in [1.807, 2.05) is 6.92 Å². The molecule has 2 rings (SSSR count). The van der Waals surface area contributed by atoms with E-state index in [1.165, 1.54) is 0 Å². The maximum absolute atomic E-state index is 12.5. The van der Waals surface area contributed by atoms with Gasteiger partial charge in [0.15, 0.2) is 0 Å². The molecule has 2 aromatic rings. The molecule has 0 aliphatic heterocycles. The van der Waals surface area contributed by atoms with Crippen LogP contribution in [-0.2, 0) is 6.18 Å². The van der Waals surface area contributed by atoms with Gasteiger partial charge >= 0.3 is 6.18 Å². The third-order valence-electron chi connectivity index (χ3n) is 2.86. The molecular weight excluding hydrogens is 291 g/mol. The number of rotatable bonds is 2. The van der Waals surface area contributed by atoms with E-state index in [1.54, 1.807) is 24.3 Å². The van der Waals surface area contributed by atoms with Crippen molar-refractivity contribution >= 4 is 11.6 Å². The van der Waals surface area contributed by atoms with E-state index in [4.69, 9.17) is 11.6 Å². The summed E-state index contributed by atoms with van der Waals surface area (Å²) in [5, 5.41) is 9.80. The van der Waals surface area contributed by atoms with Crippen LogP contribution in [0.4, 0.5) is 13.2 Å². The normalized spacial score (nSPS) is 13.3. The number of alkyl halides is 3. The average molecular weight is 302 g/mol. The minimum absolute atomic E-state index is 0.142. The second-order valence-corrected chi connectivity index (χ2v) is 4.75. The van der Waals surface area contributed by atoms with Crippen molar-refractivity contribution in [1.82, 2.24) is 4.98 Å². The summed E-state index contributed by atoms with van der Waals surface area (Å²) in [4.78, 5) is 3.29. The Hall–Kier alpha value is -1.59. The molecule has 1 N–H and O–H groups in total. The highest BCUT2D eigenvalue weighted by molar-refractivity contribution is 6.30. The zero-order chi connectivity index (χ0) is 14.9. The SMILES string of the molecule is Cc1ccc(C(O)c2ccc(C(F)(F)F)nc2Cl)cc1. The number of pyridine rings is 1. The van der Waals surface area contributed by atoms with Crippen molar-refractivity contribution < 1.29 is 18.3 Å². The van der Waals surface area contributed by atoms with Gasteiger partial charge in [-0.3, -0.25) is 0 Å². The molecule has 0 spiro atoms. The van der Waals surface area contributed by atoms with Gasteiger partial charge in [-0.15, -0.1) is 0 Å². The van der Waals surface area contributed by atoms with Crippen LogP contribution in [0.2, 0.25) is 5.15 Å². The van der Waals surface area contributed by atoms with E-state index in [9.17, 15) is 18.3 Å². The average Bonchev–Trinajstić information content (AvgIpc) is 2.37. The minimum atomic E-state index is -4.56. The standard InChI is InChI=1S/C14H11ClF3NO/c1-8-2-4-9(5-3-8)12(20)10-6-7-11(14(16,17)18)19-13(10)15/h2-7,12,20H,1H3. The summed E-state index contributed by atoms with van der Waals surface area (Å²) < 4.78 is 37.5. The van der Waals surface area contributed by atoms with Crippen LogP contribution >= 0.6 is 11.6 Å². The molecule has 0 fully saturated rings. The van der Waals surface area contributed by atoms with Gasteiger partial charge in [0, 0.05) is 5.56 Å². The van der Waals surface area contributed by atoms with Crippen molar-refractivity contribution in [1.29, 1.82) is 0 Å². The fourth-order valence-electron chi connectivity index (χ4n) is 1.74. The second kappa shape index (κ2) is 5.42. The zero-order valence-corrected chi connectivity index (χ0v) is 11.2. The van der Waals surface area contributed by atoms with Gasteiger partial charge in [0.25, 0.3) is 0 Å². The second-order valence-electron chi connectivity index (χ2n) is 4.39. The van der Waals surface area contributed by atoms with Gasteiger partial charge in [0.05, 0.1) is 0 Å². The molecule has 0 aliphatic carbocycles. The molecule has 0 saturated heterocycles. The molecule has 0 bridgehead atoms. The van der Waals surface area contributed by atoms with E-state index < -0.39 is 18.0 Å². The quantitative estimate of drug-likeness (QED) is 0.846. The van der Waals surface area contributed by atoms with E-state index in [0.29, 0.717) is 5.56 Å². The topological polar surface area (TPSA) is 33.1 Å². The third kappa shape index (κ3) is 3.11. The molecule has 0 aliphatic rings. The highest BCUT2D eigenvalue weighted by Crippen LogP contribution is 2.32. The Bertz CT molecular complexity index is 611. The fraction of sp³-hybridized carbons (Fsp3) is 0.214. The lowest BCUT2D eigenvalue weighted by molar-refractivity contribution is -0.141. The first-order chi connectivity index (χ1) is 9.29. The Labute approximate surface area is 118 Å². The number of halogens is 4. The van der Waals surface area contributed by atoms with Crippen LogP contribution in [-0.4, -0.2) is 10.1 Å². The molecular formula is C14H11ClF3NO. The lowest BCUT2D eigenvalue weighted by Crippen LogP contribution is -2.10. The van der Waals surface area contributed by atoms with Crippen molar-refractivity contribution in [3.8, 4) is 0 Å². The number of aliphatic hydroxyl groups is 1. The molecule has 2 nitrogen and oxygen atoms in total. The maximum Gasteiger partial charge on any atom is 0.433 e. The van der Waals surface area contributed by atoms with E-state index in [0.717, 1.165) is 17.7 Å². The molecule has 0 radical (unpaired) electrons. The van der Waals surface area contributed by atoms with Crippen LogP contribution in [0.25, 0.3) is 0 Å². The minimum Gasteiger partial charge on any atom is -0.384 e. The number of aryl methyl sites for hydroxylation is 1. The molecule has 6 heteroatoms. The summed E-state index contributed by atoms with van der Waals surface area (Å²) >= 11 is 5.74. The van der Waals surface area contributed by atoms with E-state index in [2.05, 4.69) is 4.98 Å². The lowest BCUT2D eigenvalue weighted by Gasteiger charge is -2.14. The lowest BCUT2D eigenvalue weighted by atomic mass is 10.0. The van der Waals surface area contributed by atoms with Gasteiger partial charge < -0.3 is 5.11 Å². The molecule has 1 atom stereocenters. The smallest absolute Gasteiger partial charge is 0.384 e. The number of hydrogen-bond donors (Lipinski definition) is 1. The first kappa shape index (κ1) is 14.8. The van der Waals surface area contributed by atoms with Crippen molar-refractivity contribution in [3.63, 3.8) is 0 Å². The molecule has 0 amide bonds. The largest absolute Gasteiger partial charge is 0.433 e. The highest BCUT2D eigenvalue weighted by Gasteiger charge is 2.33. The predicted octanol–water partition coefficient (Wildman–Crippen LogP) is 4.14. The van der Waals surface area contributed by atoms with Gasteiger partial charge in [-0.2, -0.15) is 13.2 Å². The Kier molecular flexibility index (Phi) is 4.01. The number of aliphatic hydroxyl groups excluding tert-OH is 1. The predicted molar refractivity (Wildman–Crippen MR) is 69.5 cm³/mol. The van der Waals surface area contributed by atoms with Gasteiger partial charge in [-0.05, 0) is 18.6 Å². The van der Waals surface area contributed by atoms with Crippen LogP contribution in [0.1, 0.15) is 28.5 Å². The Morgan fingerprint density at radius 2 is 1.70 bits per heavy atom. The van der Waals surface area contributed by atoms with E-state index >= 15 is 0 Å². The molecule has 1 heterocycles. The Balaban J connectivity index is 2.36. The number of aromatic nitrogens is 1. The fourth-order valence-corrected chi connectivity index (χ4v) is 1.99. The first-order valence-corrected chi connectivity index (χ1v) is 6.15. The highest BCUT2D eigenvalue weighted by atomic mass is 35.5. The Morgan fingerprint density at radius 3 is 2.20 bits per heavy atom. The van der Waals surface area contributed by atoms with Crippen LogP contribution in [0.5, 0.6) is 0 Å². The Morgan fingerprint density at radius 1 is 1.10 bits per heavy atom.